The maximum Gasteiger partial charge on any atom is 0.352 e. The zero-order valence-corrected chi connectivity index (χ0v) is 17.5. The van der Waals surface area contributed by atoms with Crippen molar-refractivity contribution in [2.24, 2.45) is 0 Å². The molecule has 3 heterocycles. The summed E-state index contributed by atoms with van der Waals surface area (Å²) in [6, 6.07) is 6.34. The van der Waals surface area contributed by atoms with Gasteiger partial charge in [0.05, 0.1) is 5.66 Å². The number of nitrogens with zero attached hydrogens (tertiary/aromatic N) is 2. The number of nitrogens with one attached hydrogen (secondary N) is 2. The highest BCUT2D eigenvalue weighted by Gasteiger charge is 2.61. The molecule has 3 atom stereocenters. The van der Waals surface area contributed by atoms with Gasteiger partial charge in [0.15, 0.2) is 0 Å². The second-order valence-electron chi connectivity index (χ2n) is 8.01. The van der Waals surface area contributed by atoms with Gasteiger partial charge in [0.2, 0.25) is 5.91 Å². The normalized spacial score (nSPS) is 28.3. The molecular weight excluding hydrogens is 392 g/mol. The average molecular weight is 417 g/mol. The minimum absolute atomic E-state index is 0.0469. The average Bonchev–Trinajstić information content (AvgIpc) is 2.91. The molecule has 154 valence electrons. The number of carboxylic acid groups (broad SMARTS) is 1. The lowest BCUT2D eigenvalue weighted by Gasteiger charge is -2.54. The van der Waals surface area contributed by atoms with Crippen molar-refractivity contribution in [2.45, 2.75) is 43.9 Å². The molecule has 3 N–H and O–H groups in total. The molecule has 0 saturated carbocycles. The molecule has 1 aromatic carbocycles. The van der Waals surface area contributed by atoms with Crippen molar-refractivity contribution in [1.29, 1.82) is 0 Å². The number of carboxylic acids is 1. The highest BCUT2D eigenvalue weighted by atomic mass is 32.2. The lowest BCUT2D eigenvalue weighted by molar-refractivity contribution is -0.162. The highest BCUT2D eigenvalue weighted by molar-refractivity contribution is 8.00. The third-order valence-corrected chi connectivity index (χ3v) is 7.11. The van der Waals surface area contributed by atoms with Crippen molar-refractivity contribution in [1.82, 2.24) is 15.1 Å². The number of anilines is 1. The minimum atomic E-state index is -1.11. The molecule has 0 aromatic heterocycles. The second-order valence-corrected chi connectivity index (χ2v) is 9.11. The van der Waals surface area contributed by atoms with Gasteiger partial charge in [-0.25, -0.2) is 4.79 Å². The molecule has 1 aromatic rings. The Morgan fingerprint density at radius 1 is 1.31 bits per heavy atom. The topological polar surface area (TPSA) is 102 Å². The van der Waals surface area contributed by atoms with E-state index in [2.05, 4.69) is 10.6 Å². The molecular formula is C20H24N4O4S. The number of β-lactam (4-membered cyclic amide) rings is 1. The summed E-state index contributed by atoms with van der Waals surface area (Å²) < 4.78 is 0. The van der Waals surface area contributed by atoms with Crippen molar-refractivity contribution in [3.8, 4) is 0 Å². The van der Waals surface area contributed by atoms with Gasteiger partial charge in [-0.3, -0.25) is 19.8 Å². The molecule has 0 bridgehead atoms. The molecule has 3 aliphatic heterocycles. The van der Waals surface area contributed by atoms with Gasteiger partial charge < -0.3 is 15.3 Å². The van der Waals surface area contributed by atoms with E-state index in [1.54, 1.807) is 11.8 Å². The third kappa shape index (κ3) is 2.91. The maximum atomic E-state index is 13.4. The van der Waals surface area contributed by atoms with Crippen LogP contribution in [-0.2, 0) is 14.4 Å². The van der Waals surface area contributed by atoms with E-state index in [1.807, 2.05) is 45.2 Å². The van der Waals surface area contributed by atoms with Crippen LogP contribution in [0.2, 0.25) is 0 Å². The van der Waals surface area contributed by atoms with Gasteiger partial charge in [0, 0.05) is 18.5 Å². The van der Waals surface area contributed by atoms with Gasteiger partial charge in [-0.05, 0) is 44.0 Å². The van der Waals surface area contributed by atoms with Gasteiger partial charge in [0.1, 0.15) is 23.2 Å². The van der Waals surface area contributed by atoms with Crippen molar-refractivity contribution in [2.75, 3.05) is 18.1 Å². The summed E-state index contributed by atoms with van der Waals surface area (Å²) in [6.07, 6.45) is 0. The molecule has 0 aliphatic carbocycles. The second kappa shape index (κ2) is 6.77. The Morgan fingerprint density at radius 3 is 2.69 bits per heavy atom. The van der Waals surface area contributed by atoms with E-state index in [-0.39, 0.29) is 22.9 Å². The largest absolute Gasteiger partial charge is 0.477 e. The summed E-state index contributed by atoms with van der Waals surface area (Å²) >= 11 is 1.50. The van der Waals surface area contributed by atoms with Crippen LogP contribution in [0.4, 0.5) is 5.69 Å². The predicted molar refractivity (Wildman–Crippen MR) is 110 cm³/mol. The SMILES string of the molecule is CNc1cccc(C2NC(C)(C)N(C3C(=O)N4C(C(=O)O)=C(C)CS[C@H]34)C2=O)c1. The lowest BCUT2D eigenvalue weighted by atomic mass is 9.98. The first kappa shape index (κ1) is 19.8. The number of hydrogen-bond acceptors (Lipinski definition) is 6. The Morgan fingerprint density at radius 2 is 2.03 bits per heavy atom. The van der Waals surface area contributed by atoms with Gasteiger partial charge >= 0.3 is 5.97 Å². The molecule has 3 aliphatic rings. The number of hydrogen-bond donors (Lipinski definition) is 3. The minimum Gasteiger partial charge on any atom is -0.477 e. The third-order valence-electron chi connectivity index (χ3n) is 5.70. The van der Waals surface area contributed by atoms with E-state index in [0.29, 0.717) is 11.3 Å². The number of thioether (sulfide) groups is 1. The summed E-state index contributed by atoms with van der Waals surface area (Å²) in [7, 11) is 1.82. The quantitative estimate of drug-likeness (QED) is 0.641. The number of carbonyl (C=O) groups excluding carboxylic acids is 2. The van der Waals surface area contributed by atoms with Crippen molar-refractivity contribution >= 4 is 35.2 Å². The fraction of sp³-hybridized carbons (Fsp3) is 0.450. The summed E-state index contributed by atoms with van der Waals surface area (Å²) in [5.41, 5.74) is 1.68. The first-order valence-corrected chi connectivity index (χ1v) is 10.5. The lowest BCUT2D eigenvalue weighted by Crippen LogP contribution is -2.73. The molecule has 9 heteroatoms. The number of benzene rings is 1. The molecule has 2 unspecified atom stereocenters. The van der Waals surface area contributed by atoms with Crippen LogP contribution < -0.4 is 10.6 Å². The summed E-state index contributed by atoms with van der Waals surface area (Å²) in [6.45, 7) is 5.47. The summed E-state index contributed by atoms with van der Waals surface area (Å²) in [4.78, 5) is 41.0. The number of aliphatic carboxylic acids is 1. The van der Waals surface area contributed by atoms with Crippen LogP contribution in [0.1, 0.15) is 32.4 Å². The zero-order chi connectivity index (χ0) is 21.1. The smallest absolute Gasteiger partial charge is 0.352 e. The number of rotatable bonds is 4. The van der Waals surface area contributed by atoms with Crippen molar-refractivity contribution in [3.05, 3.63) is 41.1 Å². The monoisotopic (exact) mass is 416 g/mol. The van der Waals surface area contributed by atoms with Crippen molar-refractivity contribution < 1.29 is 19.5 Å². The maximum absolute atomic E-state index is 13.4. The van der Waals surface area contributed by atoms with Crippen LogP contribution in [0.3, 0.4) is 0 Å². The molecule has 8 nitrogen and oxygen atoms in total. The van der Waals surface area contributed by atoms with Crippen molar-refractivity contribution in [3.63, 3.8) is 0 Å². The molecule has 2 saturated heterocycles. The standard InChI is InChI=1S/C20H24N4O4S/c1-10-9-29-18-15(17(26)23(18)14(10)19(27)28)24-16(25)13(22-20(24,2)3)11-6-5-7-12(8-11)21-4/h5-8,13,15,18,21-22H,9H2,1-4H3,(H,27,28)/t13?,15?,18-/m1/s1. The first-order valence-electron chi connectivity index (χ1n) is 9.43. The van der Waals surface area contributed by atoms with Crippen LogP contribution in [0, 0.1) is 0 Å². The first-order chi connectivity index (χ1) is 13.7. The van der Waals surface area contributed by atoms with E-state index in [0.717, 1.165) is 11.3 Å². The molecule has 4 rings (SSSR count). The van der Waals surface area contributed by atoms with Crippen LogP contribution in [-0.4, -0.2) is 62.6 Å². The van der Waals surface area contributed by atoms with E-state index in [4.69, 9.17) is 0 Å². The Kier molecular flexibility index (Phi) is 4.62. The Labute approximate surface area is 173 Å². The Hall–Kier alpha value is -2.52. The van der Waals surface area contributed by atoms with Gasteiger partial charge in [0.25, 0.3) is 5.91 Å². The molecule has 2 fully saturated rings. The molecule has 2 amide bonds. The summed E-state index contributed by atoms with van der Waals surface area (Å²) in [5.74, 6) is -1.10. The Balaban J connectivity index is 1.65. The van der Waals surface area contributed by atoms with Crippen LogP contribution >= 0.6 is 11.8 Å². The van der Waals surface area contributed by atoms with E-state index in [9.17, 15) is 19.5 Å². The predicted octanol–water partition coefficient (Wildman–Crippen LogP) is 1.58. The number of fused-ring (bicyclic) bond motifs is 1. The van der Waals surface area contributed by atoms with Crippen LogP contribution in [0.25, 0.3) is 0 Å². The number of carbonyl (C=O) groups is 3. The van der Waals surface area contributed by atoms with E-state index < -0.39 is 23.7 Å². The van der Waals surface area contributed by atoms with Gasteiger partial charge in [-0.15, -0.1) is 11.8 Å². The Bertz CT molecular complexity index is 944. The van der Waals surface area contributed by atoms with Crippen LogP contribution in [0.15, 0.2) is 35.5 Å². The molecule has 29 heavy (non-hydrogen) atoms. The summed E-state index contributed by atoms with van der Waals surface area (Å²) in [5, 5.41) is 15.6. The van der Waals surface area contributed by atoms with Gasteiger partial charge in [-0.1, -0.05) is 12.1 Å². The van der Waals surface area contributed by atoms with Crippen LogP contribution in [0.5, 0.6) is 0 Å². The molecule has 0 spiro atoms. The van der Waals surface area contributed by atoms with E-state index >= 15 is 0 Å². The zero-order valence-electron chi connectivity index (χ0n) is 16.7. The van der Waals surface area contributed by atoms with Gasteiger partial charge in [-0.2, -0.15) is 0 Å². The van der Waals surface area contributed by atoms with E-state index in [1.165, 1.54) is 16.7 Å². The fourth-order valence-electron chi connectivity index (χ4n) is 4.34. The highest BCUT2D eigenvalue weighted by Crippen LogP contribution is 2.46. The fourth-order valence-corrected chi connectivity index (χ4v) is 5.68. The molecule has 0 radical (unpaired) electrons. The number of amides is 2.